The molecule has 1 aromatic heterocycles. The van der Waals surface area contributed by atoms with Gasteiger partial charge in [-0.15, -0.1) is 0 Å². The van der Waals surface area contributed by atoms with Gasteiger partial charge in [0.2, 0.25) is 0 Å². The second-order valence-corrected chi connectivity index (χ2v) is 5.21. The van der Waals surface area contributed by atoms with Crippen molar-refractivity contribution in [1.82, 2.24) is 15.2 Å². The summed E-state index contributed by atoms with van der Waals surface area (Å²) in [6, 6.07) is 4.77. The van der Waals surface area contributed by atoms with Crippen molar-refractivity contribution in [3.63, 3.8) is 0 Å². The molecule has 0 fully saturated rings. The number of aromatic nitrogens is 1. The monoisotopic (exact) mass is 235 g/mol. The van der Waals surface area contributed by atoms with Crippen molar-refractivity contribution in [2.45, 2.75) is 33.4 Å². The minimum absolute atomic E-state index is 0.577. The zero-order valence-corrected chi connectivity index (χ0v) is 11.7. The van der Waals surface area contributed by atoms with Crippen molar-refractivity contribution in [3.8, 4) is 0 Å². The SMILES string of the molecule is Cc1ccc(CNCC(C(C)C)N(C)C)cn1. The molecule has 0 radical (unpaired) electrons. The molecule has 1 atom stereocenters. The Kier molecular flexibility index (Phi) is 5.59. The van der Waals surface area contributed by atoms with E-state index in [1.807, 2.05) is 13.1 Å². The smallest absolute Gasteiger partial charge is 0.0372 e. The summed E-state index contributed by atoms with van der Waals surface area (Å²) < 4.78 is 0. The molecule has 0 saturated heterocycles. The van der Waals surface area contributed by atoms with E-state index in [0.29, 0.717) is 12.0 Å². The first kappa shape index (κ1) is 14.1. The lowest BCUT2D eigenvalue weighted by Crippen LogP contribution is -2.41. The van der Waals surface area contributed by atoms with Crippen LogP contribution < -0.4 is 5.32 Å². The van der Waals surface area contributed by atoms with Crippen LogP contribution in [0.15, 0.2) is 18.3 Å². The molecule has 0 aliphatic rings. The lowest BCUT2D eigenvalue weighted by Gasteiger charge is -2.28. The maximum absolute atomic E-state index is 4.30. The predicted molar refractivity (Wildman–Crippen MR) is 73.0 cm³/mol. The van der Waals surface area contributed by atoms with Crippen molar-refractivity contribution in [3.05, 3.63) is 29.6 Å². The summed E-state index contributed by atoms with van der Waals surface area (Å²) in [5.41, 5.74) is 2.32. The zero-order chi connectivity index (χ0) is 12.8. The second-order valence-electron chi connectivity index (χ2n) is 5.21. The van der Waals surface area contributed by atoms with E-state index in [2.05, 4.69) is 55.3 Å². The van der Waals surface area contributed by atoms with Gasteiger partial charge < -0.3 is 10.2 Å². The van der Waals surface area contributed by atoms with Gasteiger partial charge in [-0.25, -0.2) is 0 Å². The van der Waals surface area contributed by atoms with Crippen molar-refractivity contribution in [2.75, 3.05) is 20.6 Å². The number of likely N-dealkylation sites (N-methyl/N-ethyl adjacent to an activating group) is 1. The summed E-state index contributed by atoms with van der Waals surface area (Å²) in [4.78, 5) is 6.58. The summed E-state index contributed by atoms with van der Waals surface area (Å²) in [7, 11) is 4.28. The first-order valence-corrected chi connectivity index (χ1v) is 6.29. The van der Waals surface area contributed by atoms with Crippen molar-refractivity contribution in [2.24, 2.45) is 5.92 Å². The Labute approximate surface area is 105 Å². The lowest BCUT2D eigenvalue weighted by atomic mass is 10.0. The largest absolute Gasteiger partial charge is 0.311 e. The van der Waals surface area contributed by atoms with Crippen LogP contribution in [0.2, 0.25) is 0 Å². The normalized spacial score (nSPS) is 13.4. The molecule has 1 N–H and O–H groups in total. The molecule has 0 aromatic carbocycles. The topological polar surface area (TPSA) is 28.2 Å². The molecule has 96 valence electrons. The maximum Gasteiger partial charge on any atom is 0.0372 e. The zero-order valence-electron chi connectivity index (χ0n) is 11.7. The summed E-state index contributed by atoms with van der Waals surface area (Å²) in [5, 5.41) is 3.50. The highest BCUT2D eigenvalue weighted by Gasteiger charge is 2.14. The molecule has 3 heteroatoms. The van der Waals surface area contributed by atoms with Gasteiger partial charge in [-0.1, -0.05) is 19.9 Å². The maximum atomic E-state index is 4.30. The quantitative estimate of drug-likeness (QED) is 0.818. The molecule has 1 heterocycles. The Balaban J connectivity index is 2.38. The van der Waals surface area contributed by atoms with Crippen molar-refractivity contribution in [1.29, 1.82) is 0 Å². The van der Waals surface area contributed by atoms with E-state index in [0.717, 1.165) is 18.8 Å². The summed E-state index contributed by atoms with van der Waals surface area (Å²) in [6.07, 6.45) is 1.95. The van der Waals surface area contributed by atoms with Gasteiger partial charge >= 0.3 is 0 Å². The summed E-state index contributed by atoms with van der Waals surface area (Å²) in [6.45, 7) is 8.44. The van der Waals surface area contributed by atoms with Gasteiger partial charge in [0.25, 0.3) is 0 Å². The van der Waals surface area contributed by atoms with Gasteiger partial charge in [-0.05, 0) is 38.6 Å². The fraction of sp³-hybridized carbons (Fsp3) is 0.643. The van der Waals surface area contributed by atoms with Crippen LogP contribution in [0.4, 0.5) is 0 Å². The van der Waals surface area contributed by atoms with Crippen LogP contribution in [0.1, 0.15) is 25.1 Å². The molecule has 1 unspecified atom stereocenters. The minimum atomic E-state index is 0.577. The molecule has 3 nitrogen and oxygen atoms in total. The van der Waals surface area contributed by atoms with Gasteiger partial charge in [0.15, 0.2) is 0 Å². The molecule has 0 aliphatic heterocycles. The molecule has 17 heavy (non-hydrogen) atoms. The van der Waals surface area contributed by atoms with E-state index in [-0.39, 0.29) is 0 Å². The third kappa shape index (κ3) is 4.84. The molecule has 1 aromatic rings. The Hall–Kier alpha value is -0.930. The van der Waals surface area contributed by atoms with E-state index in [9.17, 15) is 0 Å². The molecule has 0 saturated carbocycles. The Morgan fingerprint density at radius 3 is 2.47 bits per heavy atom. The number of nitrogens with one attached hydrogen (secondary N) is 1. The Morgan fingerprint density at radius 2 is 2.00 bits per heavy atom. The van der Waals surface area contributed by atoms with Gasteiger partial charge in [0, 0.05) is 31.0 Å². The highest BCUT2D eigenvalue weighted by Crippen LogP contribution is 2.06. The van der Waals surface area contributed by atoms with Crippen LogP contribution in [-0.2, 0) is 6.54 Å². The summed E-state index contributed by atoms with van der Waals surface area (Å²) in [5.74, 6) is 0.661. The molecular formula is C14H25N3. The third-order valence-electron chi connectivity index (χ3n) is 3.09. The van der Waals surface area contributed by atoms with Gasteiger partial charge in [-0.2, -0.15) is 0 Å². The lowest BCUT2D eigenvalue weighted by molar-refractivity contribution is 0.224. The number of rotatable bonds is 6. The molecule has 0 amide bonds. The van der Waals surface area contributed by atoms with Gasteiger partial charge in [-0.3, -0.25) is 4.98 Å². The number of aryl methyl sites for hydroxylation is 1. The van der Waals surface area contributed by atoms with Gasteiger partial charge in [0.1, 0.15) is 0 Å². The molecule has 0 aliphatic carbocycles. The van der Waals surface area contributed by atoms with Crippen LogP contribution in [0, 0.1) is 12.8 Å². The van der Waals surface area contributed by atoms with Crippen LogP contribution in [-0.4, -0.2) is 36.6 Å². The number of nitrogens with zero attached hydrogens (tertiary/aromatic N) is 2. The van der Waals surface area contributed by atoms with E-state index in [1.54, 1.807) is 0 Å². The third-order valence-corrected chi connectivity index (χ3v) is 3.09. The van der Waals surface area contributed by atoms with Crippen LogP contribution in [0.3, 0.4) is 0 Å². The number of hydrogen-bond donors (Lipinski definition) is 1. The molecule has 0 bridgehead atoms. The van der Waals surface area contributed by atoms with Gasteiger partial charge in [0.05, 0.1) is 0 Å². The molecular weight excluding hydrogens is 210 g/mol. The number of hydrogen-bond acceptors (Lipinski definition) is 3. The Morgan fingerprint density at radius 1 is 1.29 bits per heavy atom. The van der Waals surface area contributed by atoms with E-state index >= 15 is 0 Å². The van der Waals surface area contributed by atoms with Crippen molar-refractivity contribution >= 4 is 0 Å². The number of pyridine rings is 1. The predicted octanol–water partition coefficient (Wildman–Crippen LogP) is 2.07. The first-order chi connectivity index (χ1) is 8.00. The average molecular weight is 235 g/mol. The second kappa shape index (κ2) is 6.72. The van der Waals surface area contributed by atoms with E-state index in [1.165, 1.54) is 5.56 Å². The fourth-order valence-electron chi connectivity index (χ4n) is 1.98. The van der Waals surface area contributed by atoms with Crippen molar-refractivity contribution < 1.29 is 0 Å². The molecule has 0 spiro atoms. The fourth-order valence-corrected chi connectivity index (χ4v) is 1.98. The van der Waals surface area contributed by atoms with Crippen LogP contribution in [0.25, 0.3) is 0 Å². The van der Waals surface area contributed by atoms with Crippen LogP contribution in [0.5, 0.6) is 0 Å². The summed E-state index contributed by atoms with van der Waals surface area (Å²) >= 11 is 0. The van der Waals surface area contributed by atoms with E-state index < -0.39 is 0 Å². The van der Waals surface area contributed by atoms with Crippen LogP contribution >= 0.6 is 0 Å². The average Bonchev–Trinajstić information content (AvgIpc) is 2.25. The standard InChI is InChI=1S/C14H25N3/c1-11(2)14(17(4)5)10-15-8-13-7-6-12(3)16-9-13/h6-7,9,11,14-15H,8,10H2,1-5H3. The Bertz CT molecular complexity index is 309. The molecule has 1 rings (SSSR count). The highest BCUT2D eigenvalue weighted by molar-refractivity contribution is 5.12. The van der Waals surface area contributed by atoms with E-state index in [4.69, 9.17) is 0 Å². The highest BCUT2D eigenvalue weighted by atomic mass is 15.1. The minimum Gasteiger partial charge on any atom is -0.311 e. The first-order valence-electron chi connectivity index (χ1n) is 6.29.